The zero-order chi connectivity index (χ0) is 36.1. The number of rotatable bonds is 11. The maximum atomic E-state index is 12.5. The van der Waals surface area contributed by atoms with Crippen LogP contribution in [0.3, 0.4) is 0 Å². The first-order valence-electron chi connectivity index (χ1n) is 16.1. The van der Waals surface area contributed by atoms with Gasteiger partial charge in [0, 0.05) is 25.2 Å². The lowest BCUT2D eigenvalue weighted by molar-refractivity contribution is -0.107. The van der Waals surface area contributed by atoms with E-state index in [4.69, 9.17) is 14.2 Å². The molecule has 0 radical (unpaired) electrons. The van der Waals surface area contributed by atoms with E-state index in [-0.39, 0.29) is 35.5 Å². The number of methoxy groups -OCH3 is 1. The van der Waals surface area contributed by atoms with Gasteiger partial charge in [0.2, 0.25) is 22.3 Å². The highest BCUT2D eigenvalue weighted by Gasteiger charge is 2.27. The molecular weight excluding hydrogens is 648 g/mol. The molecule has 1 aliphatic heterocycles. The quantitative estimate of drug-likeness (QED) is 0.221. The van der Waals surface area contributed by atoms with Gasteiger partial charge in [0.05, 0.1) is 31.3 Å². The van der Waals surface area contributed by atoms with Gasteiger partial charge in [-0.05, 0) is 80.8 Å². The normalized spacial score (nSPS) is 14.2. The molecule has 3 aromatic rings. The lowest BCUT2D eigenvalue weighted by atomic mass is 9.86. The minimum Gasteiger partial charge on any atom is -0.492 e. The van der Waals surface area contributed by atoms with E-state index in [1.165, 1.54) is 18.3 Å². The Bertz CT molecular complexity index is 1760. The number of nitrogens with one attached hydrogen (secondary N) is 2. The maximum absolute atomic E-state index is 12.5. The Kier molecular flexibility index (Phi) is 11.3. The Hall–Kier alpha value is -4.59. The summed E-state index contributed by atoms with van der Waals surface area (Å²) in [4.78, 5) is 36.8. The first-order valence-corrected chi connectivity index (χ1v) is 18.0. The van der Waals surface area contributed by atoms with Crippen LogP contribution in [0.25, 0.3) is 0 Å². The van der Waals surface area contributed by atoms with E-state index in [9.17, 15) is 18.0 Å². The van der Waals surface area contributed by atoms with Crippen LogP contribution in [0.2, 0.25) is 0 Å². The Morgan fingerprint density at radius 2 is 1.76 bits per heavy atom. The van der Waals surface area contributed by atoms with E-state index < -0.39 is 15.6 Å². The number of anilines is 3. The minimum atomic E-state index is -3.63. The number of ether oxygens (including phenoxy) is 3. The number of amides is 2. The lowest BCUT2D eigenvalue weighted by Crippen LogP contribution is -2.44. The van der Waals surface area contributed by atoms with Crippen molar-refractivity contribution in [2.24, 2.45) is 0 Å². The summed E-state index contributed by atoms with van der Waals surface area (Å²) in [6.07, 6.45) is 4.36. The van der Waals surface area contributed by atoms with Gasteiger partial charge in [-0.15, -0.1) is 0 Å². The molecule has 0 spiro atoms. The predicted molar refractivity (Wildman–Crippen MR) is 190 cm³/mol. The fraction of sp³-hybridized carbons (Fsp3) is 0.486. The van der Waals surface area contributed by atoms with E-state index in [1.54, 1.807) is 17.0 Å². The molecule has 2 amide bonds. The number of aromatic nitrogens is 2. The second-order valence-corrected chi connectivity index (χ2v) is 16.0. The van der Waals surface area contributed by atoms with Crippen molar-refractivity contribution in [3.63, 3.8) is 0 Å². The van der Waals surface area contributed by atoms with Crippen molar-refractivity contribution < 1.29 is 32.2 Å². The van der Waals surface area contributed by atoms with Crippen molar-refractivity contribution in [2.45, 2.75) is 84.9 Å². The largest absolute Gasteiger partial charge is 0.492 e. The minimum absolute atomic E-state index is 0.114. The van der Waals surface area contributed by atoms with Crippen molar-refractivity contribution in [3.8, 4) is 17.4 Å². The third-order valence-electron chi connectivity index (χ3n) is 7.83. The predicted octanol–water partition coefficient (Wildman–Crippen LogP) is 6.23. The summed E-state index contributed by atoms with van der Waals surface area (Å²) < 4.78 is 44.3. The zero-order valence-electron chi connectivity index (χ0n) is 29.8. The Balaban J connectivity index is 1.50. The number of hydrogen-bond acceptors (Lipinski definition) is 10. The van der Waals surface area contributed by atoms with Crippen LogP contribution in [0.5, 0.6) is 17.4 Å². The molecule has 1 aromatic heterocycles. The molecular formula is C35H48N6O7S. The number of nitrogens with zero attached hydrogens (tertiary/aromatic N) is 4. The highest BCUT2D eigenvalue weighted by Crippen LogP contribution is 2.41. The summed E-state index contributed by atoms with van der Waals surface area (Å²) in [6, 6.07) is 11.0. The molecule has 1 aliphatic rings. The molecule has 1 fully saturated rings. The molecule has 0 unspecified atom stereocenters. The van der Waals surface area contributed by atoms with Crippen LogP contribution in [0.1, 0.15) is 71.1 Å². The third-order valence-corrected chi connectivity index (χ3v) is 8.42. The average Bonchev–Trinajstić information content (AvgIpc) is 2.99. The van der Waals surface area contributed by atoms with E-state index in [0.29, 0.717) is 42.6 Å². The van der Waals surface area contributed by atoms with Gasteiger partial charge in [-0.2, -0.15) is 0 Å². The van der Waals surface area contributed by atoms with Gasteiger partial charge in [0.15, 0.2) is 5.75 Å². The van der Waals surface area contributed by atoms with Crippen LogP contribution >= 0.6 is 0 Å². The fourth-order valence-electron chi connectivity index (χ4n) is 5.31. The summed E-state index contributed by atoms with van der Waals surface area (Å²) in [6.45, 7) is 14.8. The zero-order valence-corrected chi connectivity index (χ0v) is 30.6. The van der Waals surface area contributed by atoms with Crippen LogP contribution in [-0.4, -0.2) is 73.9 Å². The standard InChI is InChI=1S/C35H48N6O7S/c1-23-10-11-24(20-41(22-42)28-18-25(34(2,3)4)17-27(32(28)46-8)39-49(9,44)45)16-29(23)47-31-19-30(36-21-37-31)38-26-12-14-40(15-13-26)33(43)48-35(5,6)7/h10-11,16-19,21-22,26,39H,12-15,20H2,1-9H3,(H,36,37,38). The molecule has 0 aliphatic carbocycles. The summed E-state index contributed by atoms with van der Waals surface area (Å²) in [7, 11) is -2.20. The molecule has 13 nitrogen and oxygen atoms in total. The SMILES string of the molecule is COc1c(NS(C)(=O)=O)cc(C(C)(C)C)cc1N(C=O)Cc1ccc(C)c(Oc2cc(NC3CCN(C(=O)OC(C)(C)C)CC3)ncn2)c1. The Morgan fingerprint density at radius 1 is 1.06 bits per heavy atom. The second kappa shape index (κ2) is 14.9. The number of benzene rings is 2. The molecule has 2 heterocycles. The van der Waals surface area contributed by atoms with Crippen molar-refractivity contribution in [1.29, 1.82) is 0 Å². The summed E-state index contributed by atoms with van der Waals surface area (Å²) in [5.41, 5.74) is 2.21. The summed E-state index contributed by atoms with van der Waals surface area (Å²) >= 11 is 0. The molecule has 0 saturated carbocycles. The number of aryl methyl sites for hydroxylation is 1. The fourth-order valence-corrected chi connectivity index (χ4v) is 5.86. The first-order chi connectivity index (χ1) is 22.8. The van der Waals surface area contributed by atoms with E-state index >= 15 is 0 Å². The van der Waals surface area contributed by atoms with Crippen LogP contribution in [0.4, 0.5) is 22.0 Å². The molecule has 0 bridgehead atoms. The van der Waals surface area contributed by atoms with Crippen molar-refractivity contribution >= 4 is 39.7 Å². The smallest absolute Gasteiger partial charge is 0.410 e. The molecule has 0 atom stereocenters. The highest BCUT2D eigenvalue weighted by molar-refractivity contribution is 7.92. The van der Waals surface area contributed by atoms with E-state index in [2.05, 4.69) is 20.0 Å². The topological polar surface area (TPSA) is 152 Å². The summed E-state index contributed by atoms with van der Waals surface area (Å²) in [5, 5.41) is 3.43. The number of piperidine rings is 1. The van der Waals surface area contributed by atoms with Crippen LogP contribution < -0.4 is 24.4 Å². The number of sulfonamides is 1. The van der Waals surface area contributed by atoms with Gasteiger partial charge in [-0.3, -0.25) is 9.52 Å². The van der Waals surface area contributed by atoms with E-state index in [0.717, 1.165) is 35.8 Å². The van der Waals surface area contributed by atoms with E-state index in [1.807, 2.05) is 72.7 Å². The molecule has 49 heavy (non-hydrogen) atoms. The van der Waals surface area contributed by atoms with Crippen LogP contribution in [-0.2, 0) is 31.5 Å². The summed E-state index contributed by atoms with van der Waals surface area (Å²) in [5.74, 6) is 1.72. The third kappa shape index (κ3) is 10.4. The Morgan fingerprint density at radius 3 is 2.35 bits per heavy atom. The van der Waals surface area contributed by atoms with Gasteiger partial charge in [-0.1, -0.05) is 32.9 Å². The lowest BCUT2D eigenvalue weighted by Gasteiger charge is -2.33. The average molecular weight is 697 g/mol. The van der Waals surface area contributed by atoms with Crippen molar-refractivity contribution in [2.75, 3.05) is 41.4 Å². The van der Waals surface area contributed by atoms with Crippen LogP contribution in [0, 0.1) is 6.92 Å². The number of hydrogen-bond donors (Lipinski definition) is 2. The van der Waals surface area contributed by atoms with Gasteiger partial charge in [0.25, 0.3) is 0 Å². The number of carbonyl (C=O) groups excluding carboxylic acids is 2. The Labute approximate surface area is 289 Å². The first kappa shape index (κ1) is 37.2. The van der Waals surface area contributed by atoms with Crippen LogP contribution in [0.15, 0.2) is 42.7 Å². The molecule has 2 N–H and O–H groups in total. The molecule has 266 valence electrons. The number of carbonyl (C=O) groups is 2. The number of likely N-dealkylation sites (tertiary alicyclic amines) is 1. The van der Waals surface area contributed by atoms with Gasteiger partial charge in [0.1, 0.15) is 23.5 Å². The van der Waals surface area contributed by atoms with Crippen molar-refractivity contribution in [3.05, 3.63) is 59.4 Å². The maximum Gasteiger partial charge on any atom is 0.410 e. The monoisotopic (exact) mass is 696 g/mol. The molecule has 4 rings (SSSR count). The molecule has 2 aromatic carbocycles. The van der Waals surface area contributed by atoms with Gasteiger partial charge < -0.3 is 29.3 Å². The van der Waals surface area contributed by atoms with Crippen molar-refractivity contribution in [1.82, 2.24) is 14.9 Å². The second-order valence-electron chi connectivity index (χ2n) is 14.3. The molecule has 1 saturated heterocycles. The van der Waals surface area contributed by atoms with Gasteiger partial charge in [-0.25, -0.2) is 23.2 Å². The highest BCUT2D eigenvalue weighted by atomic mass is 32.2. The molecule has 14 heteroatoms. The van der Waals surface area contributed by atoms with Gasteiger partial charge >= 0.3 is 6.09 Å².